The maximum Gasteiger partial charge on any atom is 0.328 e. The third kappa shape index (κ3) is 6.18. The summed E-state index contributed by atoms with van der Waals surface area (Å²) < 4.78 is 1.33. The van der Waals surface area contributed by atoms with Crippen LogP contribution in [0.25, 0.3) is 10.9 Å². The summed E-state index contributed by atoms with van der Waals surface area (Å²) in [5.74, 6) is 0.430. The van der Waals surface area contributed by atoms with Crippen LogP contribution in [-0.2, 0) is 11.3 Å². The van der Waals surface area contributed by atoms with E-state index in [9.17, 15) is 14.4 Å². The van der Waals surface area contributed by atoms with E-state index in [2.05, 4.69) is 4.98 Å². The minimum absolute atomic E-state index is 0.239. The number of hydrogen-bond acceptors (Lipinski definition) is 5. The molecular weight excluding hydrogens is 420 g/mol. The van der Waals surface area contributed by atoms with Crippen LogP contribution in [0.5, 0.6) is 0 Å². The topological polar surface area (TPSA) is 98.6 Å². The summed E-state index contributed by atoms with van der Waals surface area (Å²) in [6.45, 7) is 5.27. The van der Waals surface area contributed by atoms with Crippen LogP contribution >= 0.6 is 11.6 Å². The average molecular weight is 451 g/mol. The number of fused-ring (bicyclic) bond motifs is 1. The molecule has 1 aliphatic carbocycles. The number of carbonyl (C=O) groups is 1. The number of hydrogen-bond donors (Lipinski definition) is 2. The average Bonchev–Trinajstić information content (AvgIpc) is 2.78. The first kappa shape index (κ1) is 23.5. The highest BCUT2D eigenvalue weighted by atomic mass is 35.5. The van der Waals surface area contributed by atoms with Gasteiger partial charge in [0.2, 0.25) is 6.41 Å². The molecular formula is C22H31ClN4O4. The molecule has 9 heteroatoms. The standard InChI is InChI=1S/C15H17ClN2O2.C7H14N2O2/c16-11-6-7-13-12(8-11)14(19)18(15(20)17-13)9-10-4-2-1-3-5-10;1-7(11)9-4-2-8(6-10)3-5-9/h6-8,10H,1-5,9H2,(H,17,20);6-7,11H,2-5H2,1H3. The van der Waals surface area contributed by atoms with E-state index in [0.717, 1.165) is 45.4 Å². The van der Waals surface area contributed by atoms with Gasteiger partial charge in [-0.3, -0.25) is 19.1 Å². The molecule has 1 aromatic heterocycles. The first-order valence-corrected chi connectivity index (χ1v) is 11.3. The lowest BCUT2D eigenvalue weighted by Gasteiger charge is -2.34. The number of piperazine rings is 1. The van der Waals surface area contributed by atoms with Crippen molar-refractivity contribution in [3.63, 3.8) is 0 Å². The SMILES string of the molecule is CC(O)N1CCN(C=O)CC1.O=c1[nH]c2ccc(Cl)cc2c(=O)n1CC1CCCCC1. The molecule has 1 aromatic carbocycles. The normalized spacial score (nSPS) is 19.0. The molecule has 170 valence electrons. The Morgan fingerprint density at radius 1 is 1.16 bits per heavy atom. The Morgan fingerprint density at radius 2 is 1.84 bits per heavy atom. The summed E-state index contributed by atoms with van der Waals surface area (Å²) in [6.07, 6.45) is 6.31. The fourth-order valence-electron chi connectivity index (χ4n) is 4.23. The predicted octanol–water partition coefficient (Wildman–Crippen LogP) is 2.02. The van der Waals surface area contributed by atoms with Crippen LogP contribution in [0.15, 0.2) is 27.8 Å². The third-order valence-corrected chi connectivity index (χ3v) is 6.37. The lowest BCUT2D eigenvalue weighted by Crippen LogP contribution is -2.48. The number of amides is 1. The van der Waals surface area contributed by atoms with E-state index in [0.29, 0.717) is 28.4 Å². The minimum atomic E-state index is -0.385. The second-order valence-corrected chi connectivity index (χ2v) is 8.79. The van der Waals surface area contributed by atoms with Crippen molar-refractivity contribution < 1.29 is 9.90 Å². The van der Waals surface area contributed by atoms with Crippen LogP contribution in [0, 0.1) is 5.92 Å². The predicted molar refractivity (Wildman–Crippen MR) is 121 cm³/mol. The number of aliphatic hydroxyl groups is 1. The summed E-state index contributed by atoms with van der Waals surface area (Å²) >= 11 is 5.93. The van der Waals surface area contributed by atoms with Crippen LogP contribution in [0.1, 0.15) is 39.0 Å². The summed E-state index contributed by atoms with van der Waals surface area (Å²) in [5.41, 5.74) is -0.0171. The van der Waals surface area contributed by atoms with E-state index in [4.69, 9.17) is 16.7 Å². The Labute approximate surface area is 186 Å². The smallest absolute Gasteiger partial charge is 0.328 e. The highest BCUT2D eigenvalue weighted by Crippen LogP contribution is 2.24. The molecule has 4 rings (SSSR count). The van der Waals surface area contributed by atoms with Crippen molar-refractivity contribution in [1.29, 1.82) is 0 Å². The Kier molecular flexibility index (Phi) is 8.28. The largest absolute Gasteiger partial charge is 0.379 e. The number of carbonyl (C=O) groups excluding carboxylic acids is 1. The zero-order chi connectivity index (χ0) is 22.4. The fraction of sp³-hybridized carbons (Fsp3) is 0.591. The molecule has 0 radical (unpaired) electrons. The van der Waals surface area contributed by atoms with Gasteiger partial charge in [0.25, 0.3) is 5.56 Å². The van der Waals surface area contributed by atoms with Gasteiger partial charge in [0.1, 0.15) is 6.23 Å². The van der Waals surface area contributed by atoms with Gasteiger partial charge < -0.3 is 15.0 Å². The Bertz CT molecular complexity index is 989. The van der Waals surface area contributed by atoms with E-state index in [1.807, 2.05) is 4.90 Å². The second-order valence-electron chi connectivity index (χ2n) is 8.35. The Balaban J connectivity index is 0.000000210. The van der Waals surface area contributed by atoms with Crippen LogP contribution < -0.4 is 11.2 Å². The molecule has 31 heavy (non-hydrogen) atoms. The molecule has 1 saturated carbocycles. The van der Waals surface area contributed by atoms with E-state index in [1.54, 1.807) is 30.0 Å². The number of halogens is 1. The molecule has 1 amide bonds. The van der Waals surface area contributed by atoms with Crippen molar-refractivity contribution in [2.24, 2.45) is 5.92 Å². The molecule has 2 aliphatic rings. The van der Waals surface area contributed by atoms with Gasteiger partial charge in [-0.05, 0) is 43.9 Å². The van der Waals surface area contributed by atoms with Gasteiger partial charge in [-0.25, -0.2) is 4.79 Å². The third-order valence-electron chi connectivity index (χ3n) is 6.14. The number of benzene rings is 1. The van der Waals surface area contributed by atoms with Gasteiger partial charge in [0, 0.05) is 37.7 Å². The van der Waals surface area contributed by atoms with E-state index < -0.39 is 0 Å². The van der Waals surface area contributed by atoms with Crippen molar-refractivity contribution in [1.82, 2.24) is 19.4 Å². The monoisotopic (exact) mass is 450 g/mol. The van der Waals surface area contributed by atoms with E-state index in [-0.39, 0.29) is 17.5 Å². The number of aliphatic hydroxyl groups excluding tert-OH is 1. The lowest BCUT2D eigenvalue weighted by atomic mass is 9.89. The molecule has 2 fully saturated rings. The Hall–Kier alpha value is -2.16. The number of aromatic amines is 1. The molecule has 0 spiro atoms. The second kappa shape index (κ2) is 10.9. The van der Waals surface area contributed by atoms with Gasteiger partial charge in [-0.1, -0.05) is 30.9 Å². The zero-order valence-electron chi connectivity index (χ0n) is 17.9. The number of nitrogens with one attached hydrogen (secondary N) is 1. The highest BCUT2D eigenvalue weighted by molar-refractivity contribution is 6.31. The van der Waals surface area contributed by atoms with Gasteiger partial charge in [0.15, 0.2) is 0 Å². The first-order valence-electron chi connectivity index (χ1n) is 10.9. The number of nitrogens with zero attached hydrogens (tertiary/aromatic N) is 3. The molecule has 1 saturated heterocycles. The van der Waals surface area contributed by atoms with Crippen LogP contribution in [0.3, 0.4) is 0 Å². The molecule has 8 nitrogen and oxygen atoms in total. The minimum Gasteiger partial charge on any atom is -0.379 e. The quantitative estimate of drug-likeness (QED) is 0.694. The fourth-order valence-corrected chi connectivity index (χ4v) is 4.41. The summed E-state index contributed by atoms with van der Waals surface area (Å²) in [4.78, 5) is 41.3. The summed E-state index contributed by atoms with van der Waals surface area (Å²) in [5, 5.41) is 10.1. The van der Waals surface area contributed by atoms with Crippen LogP contribution in [0.2, 0.25) is 5.02 Å². The molecule has 1 aliphatic heterocycles. The van der Waals surface area contributed by atoms with Crippen molar-refractivity contribution in [3.05, 3.63) is 44.1 Å². The molecule has 1 atom stereocenters. The molecule has 2 N–H and O–H groups in total. The molecule has 2 aromatic rings. The zero-order valence-corrected chi connectivity index (χ0v) is 18.7. The van der Waals surface area contributed by atoms with E-state index >= 15 is 0 Å². The maximum absolute atomic E-state index is 12.5. The van der Waals surface area contributed by atoms with Crippen molar-refractivity contribution in [3.8, 4) is 0 Å². The van der Waals surface area contributed by atoms with Crippen molar-refractivity contribution in [2.75, 3.05) is 26.2 Å². The van der Waals surface area contributed by atoms with Crippen molar-refractivity contribution in [2.45, 2.75) is 51.8 Å². The number of rotatable bonds is 4. The van der Waals surface area contributed by atoms with Gasteiger partial charge >= 0.3 is 5.69 Å². The van der Waals surface area contributed by atoms with Gasteiger partial charge in [-0.2, -0.15) is 0 Å². The van der Waals surface area contributed by atoms with Crippen LogP contribution in [-0.4, -0.2) is 63.3 Å². The van der Waals surface area contributed by atoms with Gasteiger partial charge in [0.05, 0.1) is 10.9 Å². The van der Waals surface area contributed by atoms with Crippen LogP contribution in [0.4, 0.5) is 0 Å². The summed E-state index contributed by atoms with van der Waals surface area (Å²) in [7, 11) is 0. The highest BCUT2D eigenvalue weighted by Gasteiger charge is 2.18. The molecule has 0 bridgehead atoms. The van der Waals surface area contributed by atoms with Gasteiger partial charge in [-0.15, -0.1) is 0 Å². The summed E-state index contributed by atoms with van der Waals surface area (Å²) in [6, 6.07) is 4.96. The Morgan fingerprint density at radius 3 is 2.45 bits per heavy atom. The first-order chi connectivity index (χ1) is 14.9. The number of H-pyrrole nitrogens is 1. The number of aromatic nitrogens is 2. The van der Waals surface area contributed by atoms with E-state index in [1.165, 1.54) is 23.8 Å². The lowest BCUT2D eigenvalue weighted by molar-refractivity contribution is -0.121. The van der Waals surface area contributed by atoms with Crippen molar-refractivity contribution >= 4 is 28.9 Å². The molecule has 1 unspecified atom stereocenters. The maximum atomic E-state index is 12.5. The molecule has 2 heterocycles.